The molecule has 0 aliphatic rings. The summed E-state index contributed by atoms with van der Waals surface area (Å²) in [5.41, 5.74) is 12.0. The lowest BCUT2D eigenvalue weighted by Crippen LogP contribution is -2.06. The zero-order valence-corrected chi connectivity index (χ0v) is 34.7. The Balaban J connectivity index is 1.14. The van der Waals surface area contributed by atoms with E-state index in [4.69, 9.17) is 15.0 Å². The highest BCUT2D eigenvalue weighted by Gasteiger charge is 2.25. The number of aromatic nitrogens is 5. The van der Waals surface area contributed by atoms with Crippen LogP contribution in [0.4, 0.5) is 0 Å². The predicted molar refractivity (Wildman–Crippen MR) is 263 cm³/mol. The fourth-order valence-corrected chi connectivity index (χ4v) is 10.8. The van der Waals surface area contributed by atoms with Crippen LogP contribution in [0.15, 0.2) is 212 Å². The third-order valence-corrected chi connectivity index (χ3v) is 13.5. The van der Waals surface area contributed by atoms with Crippen molar-refractivity contribution in [3.63, 3.8) is 0 Å². The van der Waals surface area contributed by atoms with Crippen LogP contribution in [0.2, 0.25) is 0 Å². The average Bonchev–Trinajstić information content (AvgIpc) is 4.02. The Morgan fingerprint density at radius 3 is 1.73 bits per heavy atom. The quantitative estimate of drug-likeness (QED) is 0.168. The van der Waals surface area contributed by atoms with E-state index in [1.54, 1.807) is 11.3 Å². The Hall–Kier alpha value is -8.19. The van der Waals surface area contributed by atoms with Gasteiger partial charge >= 0.3 is 0 Å². The highest BCUT2D eigenvalue weighted by atomic mass is 32.1. The zero-order chi connectivity index (χ0) is 41.4. The van der Waals surface area contributed by atoms with E-state index in [1.165, 1.54) is 25.9 Å². The standard InChI is InChI=1S/C57H35N5S/c1-4-17-36(18-5-1)39-31-33-48(45(35-39)37-19-6-2-7-20-37)61-47-28-14-11-24-42(47)53-49(61)34-32-41-40-23-10-13-27-46(40)62(54(41)53)57-59-55(38-21-8-3-9-22-38)58-56(60-57)44-26-16-30-51-52(44)43-25-12-15-29-50(43)63-51/h1-35H. The number of thiophene rings is 1. The summed E-state index contributed by atoms with van der Waals surface area (Å²) < 4.78 is 7.17. The van der Waals surface area contributed by atoms with Crippen molar-refractivity contribution in [1.82, 2.24) is 24.1 Å². The molecular weight excluding hydrogens is 787 g/mol. The second-order valence-corrected chi connectivity index (χ2v) is 17.0. The first-order chi connectivity index (χ1) is 31.3. The summed E-state index contributed by atoms with van der Waals surface area (Å²) in [5.74, 6) is 1.83. The molecule has 0 radical (unpaired) electrons. The SMILES string of the molecule is c1ccc(-c2ccc(-n3c4ccccc4c4c3ccc3c5ccccc5n(-c5nc(-c6ccccc6)nc(-c6cccc7sc8ccccc8c67)n5)c34)c(-c3ccccc3)c2)cc1. The van der Waals surface area contributed by atoms with Crippen molar-refractivity contribution in [3.8, 4) is 56.7 Å². The summed E-state index contributed by atoms with van der Waals surface area (Å²) in [4.78, 5) is 16.1. The van der Waals surface area contributed by atoms with E-state index in [0.29, 0.717) is 17.6 Å². The number of nitrogens with zero attached hydrogens (tertiary/aromatic N) is 5. The third kappa shape index (κ3) is 5.59. The van der Waals surface area contributed by atoms with Gasteiger partial charge in [-0.05, 0) is 59.2 Å². The molecule has 63 heavy (non-hydrogen) atoms. The van der Waals surface area contributed by atoms with Crippen molar-refractivity contribution in [3.05, 3.63) is 212 Å². The van der Waals surface area contributed by atoms with Gasteiger partial charge in [-0.3, -0.25) is 4.57 Å². The average molecular weight is 822 g/mol. The second kappa shape index (κ2) is 14.2. The normalized spacial score (nSPS) is 11.8. The molecule has 0 aliphatic heterocycles. The topological polar surface area (TPSA) is 48.5 Å². The first-order valence-electron chi connectivity index (χ1n) is 21.2. The monoisotopic (exact) mass is 821 g/mol. The summed E-state index contributed by atoms with van der Waals surface area (Å²) in [6, 6.07) is 75.6. The van der Waals surface area contributed by atoms with Crippen molar-refractivity contribution in [1.29, 1.82) is 0 Å². The highest BCUT2D eigenvalue weighted by molar-refractivity contribution is 7.25. The van der Waals surface area contributed by atoms with Crippen molar-refractivity contribution < 1.29 is 0 Å². The summed E-state index contributed by atoms with van der Waals surface area (Å²) >= 11 is 1.80. The molecule has 0 fully saturated rings. The Kier molecular flexibility index (Phi) is 8.01. The Labute approximate surface area is 366 Å². The molecule has 13 aromatic rings. The first-order valence-corrected chi connectivity index (χ1v) is 22.0. The molecule has 5 nitrogen and oxygen atoms in total. The molecule has 0 saturated heterocycles. The van der Waals surface area contributed by atoms with E-state index in [9.17, 15) is 0 Å². The van der Waals surface area contributed by atoms with Gasteiger partial charge in [0.15, 0.2) is 11.6 Å². The number of hydrogen-bond acceptors (Lipinski definition) is 4. The van der Waals surface area contributed by atoms with Gasteiger partial charge < -0.3 is 4.57 Å². The Morgan fingerprint density at radius 1 is 0.333 bits per heavy atom. The molecule has 6 heteroatoms. The van der Waals surface area contributed by atoms with Gasteiger partial charge in [0.1, 0.15) is 0 Å². The van der Waals surface area contributed by atoms with Gasteiger partial charge in [-0.2, -0.15) is 9.97 Å². The van der Waals surface area contributed by atoms with Gasteiger partial charge in [0.05, 0.1) is 27.8 Å². The molecule has 294 valence electrons. The number of para-hydroxylation sites is 2. The maximum absolute atomic E-state index is 5.49. The van der Waals surface area contributed by atoms with Crippen LogP contribution in [0, 0.1) is 0 Å². The third-order valence-electron chi connectivity index (χ3n) is 12.4. The van der Waals surface area contributed by atoms with Crippen LogP contribution in [0.5, 0.6) is 0 Å². The van der Waals surface area contributed by atoms with E-state index in [1.807, 2.05) is 18.2 Å². The predicted octanol–water partition coefficient (Wildman–Crippen LogP) is 15.1. The van der Waals surface area contributed by atoms with Crippen molar-refractivity contribution in [2.24, 2.45) is 0 Å². The minimum Gasteiger partial charge on any atom is -0.309 e. The van der Waals surface area contributed by atoms with E-state index in [2.05, 4.69) is 203 Å². The molecule has 0 unspecified atom stereocenters. The van der Waals surface area contributed by atoms with Crippen LogP contribution in [-0.2, 0) is 0 Å². The molecule has 13 rings (SSSR count). The fraction of sp³-hybridized carbons (Fsp3) is 0. The van der Waals surface area contributed by atoms with Crippen molar-refractivity contribution >= 4 is 75.1 Å². The first kappa shape index (κ1) is 35.6. The molecular formula is C57H35N5S. The summed E-state index contributed by atoms with van der Waals surface area (Å²) in [6.07, 6.45) is 0. The molecule has 0 amide bonds. The molecule has 0 aliphatic carbocycles. The van der Waals surface area contributed by atoms with Gasteiger partial charge in [0, 0.05) is 58.4 Å². The smallest absolute Gasteiger partial charge is 0.238 e. The molecule has 0 atom stereocenters. The van der Waals surface area contributed by atoms with Crippen molar-refractivity contribution in [2.75, 3.05) is 0 Å². The van der Waals surface area contributed by atoms with Gasteiger partial charge in [-0.15, -0.1) is 11.3 Å². The van der Waals surface area contributed by atoms with Crippen LogP contribution in [0.25, 0.3) is 120 Å². The van der Waals surface area contributed by atoms with Gasteiger partial charge in [-0.25, -0.2) is 4.98 Å². The van der Waals surface area contributed by atoms with E-state index in [-0.39, 0.29) is 0 Å². The molecule has 9 aromatic carbocycles. The van der Waals surface area contributed by atoms with E-state index >= 15 is 0 Å². The maximum atomic E-state index is 5.49. The van der Waals surface area contributed by atoms with Crippen LogP contribution in [0.3, 0.4) is 0 Å². The van der Waals surface area contributed by atoms with Gasteiger partial charge in [-0.1, -0.05) is 170 Å². The highest BCUT2D eigenvalue weighted by Crippen LogP contribution is 2.45. The van der Waals surface area contributed by atoms with Gasteiger partial charge in [0.25, 0.3) is 0 Å². The fourth-order valence-electron chi connectivity index (χ4n) is 9.63. The minimum absolute atomic E-state index is 0.572. The molecule has 0 bridgehead atoms. The van der Waals surface area contributed by atoms with Crippen LogP contribution >= 0.6 is 11.3 Å². The molecule has 0 saturated carbocycles. The molecule has 0 spiro atoms. The molecule has 4 heterocycles. The lowest BCUT2D eigenvalue weighted by molar-refractivity contribution is 0.956. The lowest BCUT2D eigenvalue weighted by atomic mass is 9.97. The van der Waals surface area contributed by atoms with Crippen molar-refractivity contribution in [2.45, 2.75) is 0 Å². The molecule has 4 aromatic heterocycles. The van der Waals surface area contributed by atoms with Gasteiger partial charge in [0.2, 0.25) is 5.95 Å². The number of fused-ring (bicyclic) bond motifs is 10. The largest absolute Gasteiger partial charge is 0.309 e. The van der Waals surface area contributed by atoms with Crippen LogP contribution < -0.4 is 0 Å². The lowest BCUT2D eigenvalue weighted by Gasteiger charge is -2.16. The van der Waals surface area contributed by atoms with Crippen LogP contribution in [-0.4, -0.2) is 24.1 Å². The Bertz CT molecular complexity index is 3900. The van der Waals surface area contributed by atoms with Crippen LogP contribution in [0.1, 0.15) is 0 Å². The maximum Gasteiger partial charge on any atom is 0.238 e. The molecule has 0 N–H and O–H groups in total. The number of benzene rings is 9. The number of hydrogen-bond donors (Lipinski definition) is 0. The summed E-state index contributed by atoms with van der Waals surface area (Å²) in [5, 5.41) is 6.93. The zero-order valence-electron chi connectivity index (χ0n) is 33.9. The van der Waals surface area contributed by atoms with E-state index in [0.717, 1.165) is 76.9 Å². The van der Waals surface area contributed by atoms with E-state index < -0.39 is 0 Å². The second-order valence-electron chi connectivity index (χ2n) is 16.0. The minimum atomic E-state index is 0.572. The Morgan fingerprint density at radius 2 is 0.952 bits per heavy atom. The summed E-state index contributed by atoms with van der Waals surface area (Å²) in [6.45, 7) is 0. The summed E-state index contributed by atoms with van der Waals surface area (Å²) in [7, 11) is 0. The number of rotatable bonds is 6.